The number of halogens is 4. The van der Waals surface area contributed by atoms with Crippen LogP contribution in [0.3, 0.4) is 0 Å². The van der Waals surface area contributed by atoms with Crippen molar-refractivity contribution in [1.82, 2.24) is 19.9 Å². The van der Waals surface area contributed by atoms with Gasteiger partial charge in [0, 0.05) is 37.0 Å². The van der Waals surface area contributed by atoms with E-state index in [1.165, 1.54) is 12.1 Å². The summed E-state index contributed by atoms with van der Waals surface area (Å²) in [5.74, 6) is -1.59. The van der Waals surface area contributed by atoms with Crippen LogP contribution in [-0.2, 0) is 25.7 Å². The molecule has 0 spiro atoms. The highest BCUT2D eigenvalue weighted by molar-refractivity contribution is 5.90. The molecule has 0 fully saturated rings. The fourth-order valence-electron chi connectivity index (χ4n) is 4.20. The van der Waals surface area contributed by atoms with Crippen LogP contribution in [0.2, 0.25) is 0 Å². The van der Waals surface area contributed by atoms with Gasteiger partial charge < -0.3 is 9.97 Å². The molecule has 3 heterocycles. The summed E-state index contributed by atoms with van der Waals surface area (Å²) in [4.78, 5) is 23.3. The zero-order valence-corrected chi connectivity index (χ0v) is 16.8. The van der Waals surface area contributed by atoms with Crippen molar-refractivity contribution in [1.29, 1.82) is 0 Å². The molecule has 0 bridgehead atoms. The molecule has 0 amide bonds. The summed E-state index contributed by atoms with van der Waals surface area (Å²) < 4.78 is 52.4. The van der Waals surface area contributed by atoms with Crippen molar-refractivity contribution < 1.29 is 17.6 Å². The van der Waals surface area contributed by atoms with Crippen LogP contribution in [-0.4, -0.2) is 26.4 Å². The Bertz CT molecular complexity index is 1360. The van der Waals surface area contributed by atoms with Gasteiger partial charge in [0.1, 0.15) is 5.82 Å². The van der Waals surface area contributed by atoms with Crippen molar-refractivity contribution >= 4 is 10.9 Å². The highest BCUT2D eigenvalue weighted by Gasteiger charge is 2.36. The smallest absolute Gasteiger partial charge is 0.354 e. The molecule has 1 aliphatic heterocycles. The summed E-state index contributed by atoms with van der Waals surface area (Å²) in [6, 6.07) is 14.0. The van der Waals surface area contributed by atoms with Gasteiger partial charge in [0.25, 0.3) is 5.56 Å². The van der Waals surface area contributed by atoms with Gasteiger partial charge in [0.2, 0.25) is 5.82 Å². The molecule has 0 saturated heterocycles. The Morgan fingerprint density at radius 3 is 2.53 bits per heavy atom. The number of aromatic nitrogens is 3. The van der Waals surface area contributed by atoms with Crippen LogP contribution >= 0.6 is 0 Å². The molecule has 164 valence electrons. The topological polar surface area (TPSA) is 64.8 Å². The lowest BCUT2D eigenvalue weighted by molar-refractivity contribution is -0.145. The van der Waals surface area contributed by atoms with Crippen LogP contribution in [0.4, 0.5) is 17.6 Å². The summed E-state index contributed by atoms with van der Waals surface area (Å²) in [5.41, 5.74) is 3.26. The number of H-pyrrole nitrogens is 2. The van der Waals surface area contributed by atoms with Crippen molar-refractivity contribution in [3.05, 3.63) is 87.3 Å². The van der Waals surface area contributed by atoms with Crippen molar-refractivity contribution in [3.63, 3.8) is 0 Å². The van der Waals surface area contributed by atoms with Crippen molar-refractivity contribution in [2.24, 2.45) is 0 Å². The van der Waals surface area contributed by atoms with Crippen LogP contribution < -0.4 is 5.56 Å². The summed E-state index contributed by atoms with van der Waals surface area (Å²) in [6.07, 6.45) is -4.45. The summed E-state index contributed by atoms with van der Waals surface area (Å²) in [7, 11) is 0. The van der Waals surface area contributed by atoms with Crippen LogP contribution in [0.15, 0.2) is 53.3 Å². The molecule has 5 nitrogen and oxygen atoms in total. The molecule has 0 aliphatic carbocycles. The van der Waals surface area contributed by atoms with E-state index in [1.54, 1.807) is 12.1 Å². The van der Waals surface area contributed by atoms with Crippen LogP contribution in [0.1, 0.15) is 22.6 Å². The minimum atomic E-state index is -4.70. The normalized spacial score (nSPS) is 14.6. The maximum atomic E-state index is 13.4. The second kappa shape index (κ2) is 7.59. The molecule has 9 heteroatoms. The Kier molecular flexibility index (Phi) is 4.85. The van der Waals surface area contributed by atoms with Gasteiger partial charge in [-0.05, 0) is 41.5 Å². The zero-order chi connectivity index (χ0) is 22.5. The number of nitrogens with one attached hydrogen (secondary N) is 2. The fourth-order valence-corrected chi connectivity index (χ4v) is 4.20. The summed E-state index contributed by atoms with van der Waals surface area (Å²) >= 11 is 0. The number of aromatic amines is 2. The predicted octanol–water partition coefficient (Wildman–Crippen LogP) is 4.63. The first-order chi connectivity index (χ1) is 15.3. The number of nitrogens with zero attached hydrogens (tertiary/aromatic N) is 2. The Morgan fingerprint density at radius 1 is 1.03 bits per heavy atom. The number of hydrogen-bond donors (Lipinski definition) is 2. The second-order valence-corrected chi connectivity index (χ2v) is 7.83. The van der Waals surface area contributed by atoms with Crippen molar-refractivity contribution in [2.75, 3.05) is 6.54 Å². The molecule has 2 aromatic heterocycles. The number of rotatable bonds is 3. The SMILES string of the molecule is O=c1[nH]c(C(F)(F)F)nc2c1CN(Cc1c(-c3ccc(F)cc3)[nH]c3ccccc13)CC2. The van der Waals surface area contributed by atoms with Gasteiger partial charge >= 0.3 is 6.18 Å². The number of benzene rings is 2. The zero-order valence-electron chi connectivity index (χ0n) is 16.8. The average molecular weight is 442 g/mol. The van der Waals surface area contributed by atoms with E-state index in [2.05, 4.69) is 9.97 Å². The molecule has 32 heavy (non-hydrogen) atoms. The Hall–Kier alpha value is -3.46. The number of fused-ring (bicyclic) bond motifs is 2. The van der Waals surface area contributed by atoms with E-state index in [0.717, 1.165) is 27.7 Å². The van der Waals surface area contributed by atoms with Crippen LogP contribution in [0, 0.1) is 5.82 Å². The van der Waals surface area contributed by atoms with E-state index in [9.17, 15) is 22.4 Å². The quantitative estimate of drug-likeness (QED) is 0.455. The van der Waals surface area contributed by atoms with Gasteiger partial charge in [-0.15, -0.1) is 0 Å². The first-order valence-corrected chi connectivity index (χ1v) is 10.1. The largest absolute Gasteiger partial charge is 0.449 e. The van der Waals surface area contributed by atoms with Gasteiger partial charge in [-0.1, -0.05) is 18.2 Å². The molecule has 1 aliphatic rings. The summed E-state index contributed by atoms with van der Waals surface area (Å²) in [5, 5.41) is 0.997. The van der Waals surface area contributed by atoms with Crippen molar-refractivity contribution in [2.45, 2.75) is 25.7 Å². The van der Waals surface area contributed by atoms with Crippen LogP contribution in [0.5, 0.6) is 0 Å². The van der Waals surface area contributed by atoms with E-state index < -0.39 is 17.6 Å². The third-order valence-corrected chi connectivity index (χ3v) is 5.74. The molecule has 0 atom stereocenters. The van der Waals surface area contributed by atoms with Gasteiger partial charge in [0.15, 0.2) is 0 Å². The molecular formula is C23H18F4N4O. The predicted molar refractivity (Wildman–Crippen MR) is 111 cm³/mol. The highest BCUT2D eigenvalue weighted by atomic mass is 19.4. The summed E-state index contributed by atoms with van der Waals surface area (Å²) in [6.45, 7) is 1.12. The Balaban J connectivity index is 1.50. The lowest BCUT2D eigenvalue weighted by Gasteiger charge is -2.28. The minimum absolute atomic E-state index is 0.190. The lowest BCUT2D eigenvalue weighted by Crippen LogP contribution is -2.36. The molecule has 5 rings (SSSR count). The van der Waals surface area contributed by atoms with E-state index in [0.29, 0.717) is 13.1 Å². The number of para-hydroxylation sites is 1. The molecule has 2 aromatic carbocycles. The van der Waals surface area contributed by atoms with E-state index in [1.807, 2.05) is 34.1 Å². The first kappa shape index (κ1) is 20.4. The molecule has 0 radical (unpaired) electrons. The van der Waals surface area contributed by atoms with Crippen LogP contribution in [0.25, 0.3) is 22.2 Å². The molecule has 4 aromatic rings. The maximum Gasteiger partial charge on any atom is 0.449 e. The Morgan fingerprint density at radius 2 is 1.78 bits per heavy atom. The van der Waals surface area contributed by atoms with E-state index in [-0.39, 0.29) is 30.0 Å². The minimum Gasteiger partial charge on any atom is -0.354 e. The van der Waals surface area contributed by atoms with E-state index >= 15 is 0 Å². The van der Waals surface area contributed by atoms with Gasteiger partial charge in [-0.2, -0.15) is 13.2 Å². The molecule has 0 saturated carbocycles. The first-order valence-electron chi connectivity index (χ1n) is 10.1. The van der Waals surface area contributed by atoms with Gasteiger partial charge in [-0.3, -0.25) is 9.69 Å². The van der Waals surface area contributed by atoms with Crippen molar-refractivity contribution in [3.8, 4) is 11.3 Å². The third kappa shape index (κ3) is 3.69. The van der Waals surface area contributed by atoms with Gasteiger partial charge in [0.05, 0.1) is 17.0 Å². The lowest BCUT2D eigenvalue weighted by atomic mass is 10.0. The molecular weight excluding hydrogens is 424 g/mol. The monoisotopic (exact) mass is 442 g/mol. The average Bonchev–Trinajstić information content (AvgIpc) is 3.12. The standard InChI is InChI=1S/C23H18F4N4O/c24-14-7-5-13(6-8-14)20-16(15-3-1-2-4-18(15)28-20)11-31-10-9-19-17(12-31)21(32)30-22(29-19)23(25,26)27/h1-8,28H,9-12H2,(H,29,30,32). The second-order valence-electron chi connectivity index (χ2n) is 7.83. The molecule has 2 N–H and O–H groups in total. The number of alkyl halides is 3. The number of hydrogen-bond acceptors (Lipinski definition) is 3. The third-order valence-electron chi connectivity index (χ3n) is 5.74. The fraction of sp³-hybridized carbons (Fsp3) is 0.217. The molecule has 0 unspecified atom stereocenters. The maximum absolute atomic E-state index is 13.4. The highest BCUT2D eigenvalue weighted by Crippen LogP contribution is 2.33. The van der Waals surface area contributed by atoms with Gasteiger partial charge in [-0.25, -0.2) is 9.37 Å². The Labute approximate surface area is 179 Å². The van der Waals surface area contributed by atoms with E-state index in [4.69, 9.17) is 0 Å².